The van der Waals surface area contributed by atoms with Crippen molar-refractivity contribution in [2.45, 2.75) is 39.2 Å². The molecule has 0 aromatic carbocycles. The molecule has 0 unspecified atom stereocenters. The predicted octanol–water partition coefficient (Wildman–Crippen LogP) is 2.40. The van der Waals surface area contributed by atoms with E-state index in [-0.39, 0.29) is 0 Å². The van der Waals surface area contributed by atoms with Crippen LogP contribution in [0, 0.1) is 6.92 Å². The molecule has 0 spiro atoms. The van der Waals surface area contributed by atoms with Crippen LogP contribution in [0.1, 0.15) is 37.3 Å². The Morgan fingerprint density at radius 3 is 2.82 bits per heavy atom. The molecule has 2 rings (SSSR count). The lowest BCUT2D eigenvalue weighted by Crippen LogP contribution is -2.30. The third-order valence-electron chi connectivity index (χ3n) is 3.11. The van der Waals surface area contributed by atoms with E-state index in [0.29, 0.717) is 11.0 Å². The number of hydrogen-bond acceptors (Lipinski definition) is 3. The van der Waals surface area contributed by atoms with E-state index >= 15 is 0 Å². The summed E-state index contributed by atoms with van der Waals surface area (Å²) in [6, 6.07) is 2.60. The fourth-order valence-corrected chi connectivity index (χ4v) is 2.41. The van der Waals surface area contributed by atoms with Crippen LogP contribution in [-0.4, -0.2) is 22.6 Å². The largest absolute Gasteiger partial charge is 0.389 e. The number of hydrogen-bond donors (Lipinski definition) is 1. The summed E-state index contributed by atoms with van der Waals surface area (Å²) in [6.45, 7) is 5.25. The van der Waals surface area contributed by atoms with Crippen LogP contribution in [0.3, 0.4) is 0 Å². The maximum absolute atomic E-state index is 5.83. The molecule has 0 radical (unpaired) electrons. The highest BCUT2D eigenvalue weighted by atomic mass is 32.1. The molecule has 0 bridgehead atoms. The number of thiocarbonyl (C=S) groups is 1. The number of anilines is 1. The Morgan fingerprint density at radius 1 is 1.59 bits per heavy atom. The molecule has 0 saturated heterocycles. The molecule has 1 aromatic rings. The molecule has 1 aliphatic rings. The highest BCUT2D eigenvalue weighted by molar-refractivity contribution is 7.80. The highest BCUT2D eigenvalue weighted by Crippen LogP contribution is 2.33. The standard InChI is InChI=1S/C13H19N3S/c1-3-8-16(10-4-5-10)13-11(12(14)17)9(2)6-7-15-13/h6-7,10H,3-5,8H2,1-2H3,(H2,14,17). The monoisotopic (exact) mass is 249 g/mol. The lowest BCUT2D eigenvalue weighted by Gasteiger charge is -2.25. The number of nitrogens with two attached hydrogens (primary N) is 1. The molecule has 3 nitrogen and oxygen atoms in total. The summed E-state index contributed by atoms with van der Waals surface area (Å²) in [6.07, 6.45) is 5.47. The minimum Gasteiger partial charge on any atom is -0.389 e. The van der Waals surface area contributed by atoms with Gasteiger partial charge in [0.15, 0.2) is 0 Å². The summed E-state index contributed by atoms with van der Waals surface area (Å²) in [5, 5.41) is 0. The van der Waals surface area contributed by atoms with Crippen LogP contribution in [0.2, 0.25) is 0 Å². The molecule has 92 valence electrons. The molecule has 1 saturated carbocycles. The Balaban J connectivity index is 2.41. The second-order valence-corrected chi connectivity index (χ2v) is 5.06. The van der Waals surface area contributed by atoms with Gasteiger partial charge >= 0.3 is 0 Å². The number of aryl methyl sites for hydroxylation is 1. The van der Waals surface area contributed by atoms with Crippen molar-refractivity contribution in [3.63, 3.8) is 0 Å². The number of nitrogens with zero attached hydrogens (tertiary/aromatic N) is 2. The van der Waals surface area contributed by atoms with E-state index in [2.05, 4.69) is 16.8 Å². The molecule has 1 heterocycles. The van der Waals surface area contributed by atoms with E-state index in [1.165, 1.54) is 12.8 Å². The van der Waals surface area contributed by atoms with Crippen LogP contribution >= 0.6 is 12.2 Å². The van der Waals surface area contributed by atoms with Crippen LogP contribution in [0.15, 0.2) is 12.3 Å². The zero-order valence-corrected chi connectivity index (χ0v) is 11.3. The first-order chi connectivity index (χ1) is 8.15. The van der Waals surface area contributed by atoms with Crippen molar-refractivity contribution in [1.82, 2.24) is 4.98 Å². The first kappa shape index (κ1) is 12.3. The molecule has 0 amide bonds. The third-order valence-corrected chi connectivity index (χ3v) is 3.31. The molecule has 0 atom stereocenters. The van der Waals surface area contributed by atoms with Gasteiger partial charge in [-0.25, -0.2) is 4.98 Å². The molecule has 1 fully saturated rings. The number of aromatic nitrogens is 1. The Morgan fingerprint density at radius 2 is 2.29 bits per heavy atom. The molecule has 1 aliphatic carbocycles. The summed E-state index contributed by atoms with van der Waals surface area (Å²) in [4.78, 5) is 7.31. The fraction of sp³-hybridized carbons (Fsp3) is 0.538. The summed E-state index contributed by atoms with van der Waals surface area (Å²) < 4.78 is 0. The first-order valence-corrected chi connectivity index (χ1v) is 6.58. The predicted molar refractivity (Wildman–Crippen MR) is 75.5 cm³/mol. The van der Waals surface area contributed by atoms with Gasteiger partial charge in [0.25, 0.3) is 0 Å². The van der Waals surface area contributed by atoms with Gasteiger partial charge in [-0.05, 0) is 37.8 Å². The van der Waals surface area contributed by atoms with Gasteiger partial charge in [0.1, 0.15) is 10.8 Å². The smallest absolute Gasteiger partial charge is 0.139 e. The van der Waals surface area contributed by atoms with E-state index in [1.807, 2.05) is 19.2 Å². The highest BCUT2D eigenvalue weighted by Gasteiger charge is 2.31. The lowest BCUT2D eigenvalue weighted by atomic mass is 10.1. The van der Waals surface area contributed by atoms with Crippen molar-refractivity contribution in [1.29, 1.82) is 0 Å². The van der Waals surface area contributed by atoms with Gasteiger partial charge in [0.05, 0.1) is 5.56 Å². The first-order valence-electron chi connectivity index (χ1n) is 6.17. The van der Waals surface area contributed by atoms with Crippen molar-refractivity contribution >= 4 is 23.0 Å². The summed E-state index contributed by atoms with van der Waals surface area (Å²) in [5.74, 6) is 0.974. The second-order valence-electron chi connectivity index (χ2n) is 4.62. The van der Waals surface area contributed by atoms with Gasteiger partial charge in [-0.2, -0.15) is 0 Å². The average Bonchev–Trinajstić information content (AvgIpc) is 3.08. The zero-order valence-electron chi connectivity index (χ0n) is 10.4. The van der Waals surface area contributed by atoms with Gasteiger partial charge in [-0.1, -0.05) is 19.1 Å². The van der Waals surface area contributed by atoms with E-state index in [1.54, 1.807) is 0 Å². The maximum Gasteiger partial charge on any atom is 0.139 e. The second kappa shape index (κ2) is 5.00. The van der Waals surface area contributed by atoms with Crippen LogP contribution in [0.25, 0.3) is 0 Å². The summed E-state index contributed by atoms with van der Waals surface area (Å²) >= 11 is 5.16. The van der Waals surface area contributed by atoms with E-state index in [4.69, 9.17) is 18.0 Å². The number of pyridine rings is 1. The number of rotatable bonds is 5. The Hall–Kier alpha value is -1.16. The van der Waals surface area contributed by atoms with Crippen molar-refractivity contribution in [3.8, 4) is 0 Å². The van der Waals surface area contributed by atoms with Gasteiger partial charge < -0.3 is 10.6 Å². The van der Waals surface area contributed by atoms with E-state index in [9.17, 15) is 0 Å². The Bertz CT molecular complexity index is 427. The minimum atomic E-state index is 0.451. The normalized spacial score (nSPS) is 14.7. The van der Waals surface area contributed by atoms with Crippen molar-refractivity contribution < 1.29 is 0 Å². The van der Waals surface area contributed by atoms with Gasteiger partial charge in [-0.15, -0.1) is 0 Å². The van der Waals surface area contributed by atoms with Gasteiger partial charge in [0.2, 0.25) is 0 Å². The SMILES string of the molecule is CCCN(c1nccc(C)c1C(N)=S)C1CC1. The van der Waals surface area contributed by atoms with Gasteiger partial charge in [0, 0.05) is 18.8 Å². The summed E-state index contributed by atoms with van der Waals surface area (Å²) in [5.41, 5.74) is 7.90. The Labute approximate surface area is 108 Å². The van der Waals surface area contributed by atoms with E-state index < -0.39 is 0 Å². The molecule has 2 N–H and O–H groups in total. The topological polar surface area (TPSA) is 42.2 Å². The maximum atomic E-state index is 5.83. The molecule has 17 heavy (non-hydrogen) atoms. The zero-order chi connectivity index (χ0) is 12.4. The van der Waals surface area contributed by atoms with Crippen LogP contribution in [-0.2, 0) is 0 Å². The molecule has 4 heteroatoms. The Kier molecular flexibility index (Phi) is 3.62. The van der Waals surface area contributed by atoms with Crippen LogP contribution in [0.4, 0.5) is 5.82 Å². The van der Waals surface area contributed by atoms with Crippen LogP contribution < -0.4 is 10.6 Å². The van der Waals surface area contributed by atoms with E-state index in [0.717, 1.165) is 29.9 Å². The van der Waals surface area contributed by atoms with Crippen LogP contribution in [0.5, 0.6) is 0 Å². The molecular weight excluding hydrogens is 230 g/mol. The van der Waals surface area contributed by atoms with Crippen molar-refractivity contribution in [3.05, 3.63) is 23.4 Å². The fourth-order valence-electron chi connectivity index (χ4n) is 2.15. The molecule has 0 aliphatic heterocycles. The quantitative estimate of drug-likeness (QED) is 0.814. The lowest BCUT2D eigenvalue weighted by molar-refractivity contribution is 0.749. The van der Waals surface area contributed by atoms with Crippen molar-refractivity contribution in [2.24, 2.45) is 5.73 Å². The molecule has 1 aromatic heterocycles. The summed E-state index contributed by atoms with van der Waals surface area (Å²) in [7, 11) is 0. The average molecular weight is 249 g/mol. The molecular formula is C13H19N3S. The van der Waals surface area contributed by atoms with Gasteiger partial charge in [-0.3, -0.25) is 0 Å². The minimum absolute atomic E-state index is 0.451. The van der Waals surface area contributed by atoms with Crippen molar-refractivity contribution in [2.75, 3.05) is 11.4 Å². The third kappa shape index (κ3) is 2.57.